The van der Waals surface area contributed by atoms with Gasteiger partial charge in [-0.3, -0.25) is 4.79 Å². The quantitative estimate of drug-likeness (QED) is 0.630. The minimum absolute atomic E-state index is 0.00634. The zero-order valence-electron chi connectivity index (χ0n) is 9.95. The van der Waals surface area contributed by atoms with Crippen molar-refractivity contribution in [3.05, 3.63) is 65.2 Å². The first-order chi connectivity index (χ1) is 9.45. The lowest BCUT2D eigenvalue weighted by Gasteiger charge is -2.06. The Morgan fingerprint density at radius 1 is 0.950 bits per heavy atom. The Labute approximate surface area is 111 Å². The highest BCUT2D eigenvalue weighted by atomic mass is 19.3. The summed E-state index contributed by atoms with van der Waals surface area (Å²) < 4.78 is 54.4. The van der Waals surface area contributed by atoms with Crippen LogP contribution in [0, 0.1) is 11.6 Å². The van der Waals surface area contributed by atoms with Crippen LogP contribution in [0.5, 0.6) is 5.75 Å². The molecule has 0 radical (unpaired) electrons. The molecule has 2 aromatic rings. The summed E-state index contributed by atoms with van der Waals surface area (Å²) in [5, 5.41) is 0. The standard InChI is InChI=1S/C14H8F4O2/c15-10-4-9(5-11(16)7-10)13(19)8-2-1-3-12(6-8)20-14(17)18/h1-7,14H. The molecule has 0 bridgehead atoms. The molecule has 2 nitrogen and oxygen atoms in total. The van der Waals surface area contributed by atoms with Crippen molar-refractivity contribution in [2.75, 3.05) is 0 Å². The first-order valence-corrected chi connectivity index (χ1v) is 5.51. The number of ketones is 1. The van der Waals surface area contributed by atoms with Gasteiger partial charge in [-0.15, -0.1) is 0 Å². The molecule has 0 saturated carbocycles. The van der Waals surface area contributed by atoms with E-state index in [4.69, 9.17) is 0 Å². The van der Waals surface area contributed by atoms with Gasteiger partial charge in [0.25, 0.3) is 0 Å². The van der Waals surface area contributed by atoms with E-state index in [1.807, 2.05) is 0 Å². The molecule has 0 heterocycles. The molecule has 0 N–H and O–H groups in total. The molecule has 0 unspecified atom stereocenters. The van der Waals surface area contributed by atoms with Crippen molar-refractivity contribution in [3.8, 4) is 5.75 Å². The van der Waals surface area contributed by atoms with E-state index in [0.717, 1.165) is 18.2 Å². The van der Waals surface area contributed by atoms with E-state index in [9.17, 15) is 22.4 Å². The lowest BCUT2D eigenvalue weighted by molar-refractivity contribution is -0.0498. The van der Waals surface area contributed by atoms with Gasteiger partial charge in [0, 0.05) is 17.2 Å². The predicted octanol–water partition coefficient (Wildman–Crippen LogP) is 3.80. The van der Waals surface area contributed by atoms with Crippen LogP contribution in [0.25, 0.3) is 0 Å². The Kier molecular flexibility index (Phi) is 4.02. The fourth-order valence-electron chi connectivity index (χ4n) is 1.67. The Morgan fingerprint density at radius 2 is 1.60 bits per heavy atom. The molecule has 0 amide bonds. The second kappa shape index (κ2) is 5.73. The van der Waals surface area contributed by atoms with E-state index in [0.29, 0.717) is 6.07 Å². The third-order valence-corrected chi connectivity index (χ3v) is 2.45. The highest BCUT2D eigenvalue weighted by molar-refractivity contribution is 6.09. The van der Waals surface area contributed by atoms with E-state index in [2.05, 4.69) is 4.74 Å². The number of carbonyl (C=O) groups excluding carboxylic acids is 1. The van der Waals surface area contributed by atoms with E-state index in [1.165, 1.54) is 18.2 Å². The SMILES string of the molecule is O=C(c1cc(F)cc(F)c1)c1cccc(OC(F)F)c1. The number of alkyl halides is 2. The highest BCUT2D eigenvalue weighted by Crippen LogP contribution is 2.19. The Morgan fingerprint density at radius 3 is 2.20 bits per heavy atom. The van der Waals surface area contributed by atoms with Crippen LogP contribution >= 0.6 is 0 Å². The molecule has 0 spiro atoms. The fraction of sp³-hybridized carbons (Fsp3) is 0.0714. The second-order valence-corrected chi connectivity index (χ2v) is 3.89. The monoisotopic (exact) mass is 284 g/mol. The third kappa shape index (κ3) is 3.34. The van der Waals surface area contributed by atoms with E-state index in [-0.39, 0.29) is 16.9 Å². The lowest BCUT2D eigenvalue weighted by Crippen LogP contribution is -2.05. The number of ether oxygens (including phenoxy) is 1. The molecular weight excluding hydrogens is 276 g/mol. The number of benzene rings is 2. The summed E-state index contributed by atoms with van der Waals surface area (Å²) in [4.78, 5) is 12.0. The molecule has 20 heavy (non-hydrogen) atoms. The first kappa shape index (κ1) is 14.0. The third-order valence-electron chi connectivity index (χ3n) is 2.45. The molecule has 2 aromatic carbocycles. The Hall–Kier alpha value is -2.37. The molecule has 0 fully saturated rings. The van der Waals surface area contributed by atoms with Gasteiger partial charge in [-0.25, -0.2) is 8.78 Å². The largest absolute Gasteiger partial charge is 0.435 e. The molecule has 0 saturated heterocycles. The van der Waals surface area contributed by atoms with Crippen LogP contribution in [0.1, 0.15) is 15.9 Å². The van der Waals surface area contributed by atoms with E-state index < -0.39 is 24.0 Å². The van der Waals surface area contributed by atoms with Crippen LogP contribution in [0.2, 0.25) is 0 Å². The van der Waals surface area contributed by atoms with Crippen LogP contribution in [0.3, 0.4) is 0 Å². The van der Waals surface area contributed by atoms with Crippen molar-refractivity contribution in [2.24, 2.45) is 0 Å². The van der Waals surface area contributed by atoms with Crippen LogP contribution < -0.4 is 4.74 Å². The van der Waals surface area contributed by atoms with Crippen molar-refractivity contribution in [2.45, 2.75) is 6.61 Å². The van der Waals surface area contributed by atoms with Gasteiger partial charge < -0.3 is 4.74 Å². The molecular formula is C14H8F4O2. The predicted molar refractivity (Wildman–Crippen MR) is 62.9 cm³/mol. The van der Waals surface area contributed by atoms with Crippen molar-refractivity contribution in [3.63, 3.8) is 0 Å². The summed E-state index contributed by atoms with van der Waals surface area (Å²) in [5.74, 6) is -2.69. The van der Waals surface area contributed by atoms with E-state index in [1.54, 1.807) is 0 Å². The number of hydrogen-bond donors (Lipinski definition) is 0. The first-order valence-electron chi connectivity index (χ1n) is 5.51. The molecule has 0 aliphatic rings. The van der Waals surface area contributed by atoms with Gasteiger partial charge in [-0.1, -0.05) is 12.1 Å². The van der Waals surface area contributed by atoms with Crippen molar-refractivity contribution in [1.82, 2.24) is 0 Å². The summed E-state index contributed by atoms with van der Waals surface area (Å²) in [6, 6.07) is 7.36. The maximum atomic E-state index is 13.0. The van der Waals surface area contributed by atoms with Gasteiger partial charge in [0.1, 0.15) is 17.4 Å². The normalized spacial score (nSPS) is 10.7. The average Bonchev–Trinajstić information content (AvgIpc) is 2.36. The molecule has 0 aliphatic carbocycles. The number of carbonyl (C=O) groups is 1. The number of rotatable bonds is 4. The smallest absolute Gasteiger partial charge is 0.387 e. The molecule has 104 valence electrons. The molecule has 0 aromatic heterocycles. The number of halogens is 4. The Bertz CT molecular complexity index is 621. The topological polar surface area (TPSA) is 26.3 Å². The summed E-state index contributed by atoms with van der Waals surface area (Å²) in [6.45, 7) is -3.02. The zero-order chi connectivity index (χ0) is 14.7. The highest BCUT2D eigenvalue weighted by Gasteiger charge is 2.13. The molecule has 0 aliphatic heterocycles. The molecule has 0 atom stereocenters. The summed E-state index contributed by atoms with van der Waals surface area (Å²) >= 11 is 0. The lowest BCUT2D eigenvalue weighted by atomic mass is 10.0. The summed E-state index contributed by atoms with van der Waals surface area (Å²) in [5.41, 5.74) is -0.218. The van der Waals surface area contributed by atoms with Gasteiger partial charge >= 0.3 is 6.61 Å². The van der Waals surface area contributed by atoms with Crippen molar-refractivity contribution >= 4 is 5.78 Å². The van der Waals surface area contributed by atoms with Gasteiger partial charge in [0.15, 0.2) is 5.78 Å². The maximum Gasteiger partial charge on any atom is 0.387 e. The van der Waals surface area contributed by atoms with Gasteiger partial charge in [-0.2, -0.15) is 8.78 Å². The van der Waals surface area contributed by atoms with Gasteiger partial charge in [0.2, 0.25) is 0 Å². The van der Waals surface area contributed by atoms with E-state index >= 15 is 0 Å². The molecule has 6 heteroatoms. The zero-order valence-corrected chi connectivity index (χ0v) is 9.95. The minimum atomic E-state index is -3.02. The van der Waals surface area contributed by atoms with Crippen molar-refractivity contribution < 1.29 is 27.1 Å². The van der Waals surface area contributed by atoms with Crippen LogP contribution in [0.4, 0.5) is 17.6 Å². The number of hydrogen-bond acceptors (Lipinski definition) is 2. The second-order valence-electron chi connectivity index (χ2n) is 3.89. The summed E-state index contributed by atoms with van der Waals surface area (Å²) in [6.07, 6.45) is 0. The average molecular weight is 284 g/mol. The molecule has 2 rings (SSSR count). The van der Waals surface area contributed by atoms with Crippen molar-refractivity contribution in [1.29, 1.82) is 0 Å². The van der Waals surface area contributed by atoms with Gasteiger partial charge in [-0.05, 0) is 24.3 Å². The van der Waals surface area contributed by atoms with Crippen LogP contribution in [0.15, 0.2) is 42.5 Å². The fourth-order valence-corrected chi connectivity index (χ4v) is 1.67. The van der Waals surface area contributed by atoms with Crippen LogP contribution in [-0.2, 0) is 0 Å². The van der Waals surface area contributed by atoms with Gasteiger partial charge in [0.05, 0.1) is 0 Å². The summed E-state index contributed by atoms with van der Waals surface area (Å²) in [7, 11) is 0. The Balaban J connectivity index is 2.33. The maximum absolute atomic E-state index is 13.0. The minimum Gasteiger partial charge on any atom is -0.435 e. The van der Waals surface area contributed by atoms with Crippen LogP contribution in [-0.4, -0.2) is 12.4 Å².